The van der Waals surface area contributed by atoms with E-state index in [4.69, 9.17) is 4.74 Å². The van der Waals surface area contributed by atoms with Gasteiger partial charge in [0.05, 0.1) is 13.0 Å². The fourth-order valence-electron chi connectivity index (χ4n) is 1.88. The maximum absolute atomic E-state index is 11.5. The lowest BCUT2D eigenvalue weighted by atomic mass is 9.95. The van der Waals surface area contributed by atoms with Crippen molar-refractivity contribution in [3.8, 4) is 0 Å². The lowest BCUT2D eigenvalue weighted by Crippen LogP contribution is -2.22. The zero-order valence-corrected chi connectivity index (χ0v) is 8.84. The number of methoxy groups -OCH3 is 1. The van der Waals surface area contributed by atoms with Gasteiger partial charge in [-0.3, -0.25) is 4.79 Å². The average molecular weight is 211 g/mol. The van der Waals surface area contributed by atoms with E-state index in [-0.39, 0.29) is 11.9 Å². The van der Waals surface area contributed by atoms with Crippen molar-refractivity contribution in [2.75, 3.05) is 20.2 Å². The Morgan fingerprint density at radius 3 is 3.14 bits per heavy atom. The third kappa shape index (κ3) is 1.67. The lowest BCUT2D eigenvalue weighted by Gasteiger charge is -2.14. The van der Waals surface area contributed by atoms with Crippen LogP contribution in [-0.2, 0) is 9.53 Å². The molecular weight excluding hydrogens is 198 g/mol. The normalized spacial score (nSPS) is 26.4. The number of hydrogen-bond acceptors (Lipinski definition) is 4. The summed E-state index contributed by atoms with van der Waals surface area (Å²) in [6, 6.07) is 4.10. The van der Waals surface area contributed by atoms with Crippen LogP contribution >= 0.6 is 11.3 Å². The molecule has 0 unspecified atom stereocenters. The first-order chi connectivity index (χ1) is 6.83. The maximum atomic E-state index is 11.5. The fraction of sp³-hybridized carbons (Fsp3) is 0.500. The van der Waals surface area contributed by atoms with Crippen LogP contribution in [0, 0.1) is 5.92 Å². The largest absolute Gasteiger partial charge is 0.469 e. The highest BCUT2D eigenvalue weighted by Gasteiger charge is 2.35. The predicted molar refractivity (Wildman–Crippen MR) is 55.4 cm³/mol. The smallest absolute Gasteiger partial charge is 0.310 e. The Hall–Kier alpha value is -0.870. The van der Waals surface area contributed by atoms with Crippen LogP contribution in [0.1, 0.15) is 10.8 Å². The minimum Gasteiger partial charge on any atom is -0.469 e. The molecule has 1 aliphatic heterocycles. The van der Waals surface area contributed by atoms with Crippen molar-refractivity contribution >= 4 is 17.3 Å². The molecule has 0 saturated carbocycles. The quantitative estimate of drug-likeness (QED) is 0.748. The van der Waals surface area contributed by atoms with Crippen molar-refractivity contribution in [2.45, 2.75) is 5.92 Å². The van der Waals surface area contributed by atoms with Gasteiger partial charge in [0.1, 0.15) is 0 Å². The minimum atomic E-state index is -0.103. The van der Waals surface area contributed by atoms with E-state index >= 15 is 0 Å². The zero-order chi connectivity index (χ0) is 9.97. The second kappa shape index (κ2) is 4.11. The summed E-state index contributed by atoms with van der Waals surface area (Å²) in [6.45, 7) is 1.61. The molecular formula is C10H13NO2S. The van der Waals surface area contributed by atoms with Crippen molar-refractivity contribution in [1.29, 1.82) is 0 Å². The molecule has 14 heavy (non-hydrogen) atoms. The molecule has 76 valence electrons. The first kappa shape index (κ1) is 9.68. The second-order valence-electron chi connectivity index (χ2n) is 3.41. The summed E-state index contributed by atoms with van der Waals surface area (Å²) in [6.07, 6.45) is 0. The first-order valence-electron chi connectivity index (χ1n) is 4.65. The van der Waals surface area contributed by atoms with Crippen LogP contribution in [0.3, 0.4) is 0 Å². The Morgan fingerprint density at radius 1 is 1.64 bits per heavy atom. The molecule has 1 aromatic heterocycles. The molecule has 0 aliphatic carbocycles. The van der Waals surface area contributed by atoms with Gasteiger partial charge in [-0.15, -0.1) is 11.3 Å². The summed E-state index contributed by atoms with van der Waals surface area (Å²) in [5, 5.41) is 5.28. The number of carbonyl (C=O) groups is 1. The number of esters is 1. The lowest BCUT2D eigenvalue weighted by molar-refractivity contribution is -0.145. The number of thiophene rings is 1. The van der Waals surface area contributed by atoms with E-state index in [1.165, 1.54) is 12.0 Å². The van der Waals surface area contributed by atoms with E-state index in [1.807, 2.05) is 11.4 Å². The Kier molecular flexibility index (Phi) is 2.84. The number of carbonyl (C=O) groups excluding carboxylic acids is 1. The van der Waals surface area contributed by atoms with E-state index in [2.05, 4.69) is 11.4 Å². The molecule has 0 bridgehead atoms. The molecule has 0 spiro atoms. The standard InChI is InChI=1S/C10H13NO2S/c1-13-10(12)8-6-11-5-7(8)9-3-2-4-14-9/h2-4,7-8,11H,5-6H2,1H3/t7-,8-/m0/s1. The van der Waals surface area contributed by atoms with Gasteiger partial charge in [-0.1, -0.05) is 6.07 Å². The molecule has 1 saturated heterocycles. The van der Waals surface area contributed by atoms with E-state index in [9.17, 15) is 4.79 Å². The number of hydrogen-bond donors (Lipinski definition) is 1. The minimum absolute atomic E-state index is 0.0151. The van der Waals surface area contributed by atoms with E-state index in [0.29, 0.717) is 5.92 Å². The van der Waals surface area contributed by atoms with Crippen molar-refractivity contribution in [2.24, 2.45) is 5.92 Å². The Morgan fingerprint density at radius 2 is 2.50 bits per heavy atom. The summed E-state index contributed by atoms with van der Waals surface area (Å²) < 4.78 is 4.79. The molecule has 4 heteroatoms. The molecule has 2 rings (SSSR count). The summed E-state index contributed by atoms with van der Waals surface area (Å²) in [5.41, 5.74) is 0. The third-order valence-corrected chi connectivity index (χ3v) is 3.63. The highest BCUT2D eigenvalue weighted by atomic mass is 32.1. The Bertz CT molecular complexity index is 310. The van der Waals surface area contributed by atoms with Crippen LogP contribution in [0.15, 0.2) is 17.5 Å². The highest BCUT2D eigenvalue weighted by Crippen LogP contribution is 2.31. The molecule has 1 N–H and O–H groups in total. The van der Waals surface area contributed by atoms with Crippen molar-refractivity contribution in [3.63, 3.8) is 0 Å². The first-order valence-corrected chi connectivity index (χ1v) is 5.53. The van der Waals surface area contributed by atoms with Crippen molar-refractivity contribution < 1.29 is 9.53 Å². The van der Waals surface area contributed by atoms with Crippen LogP contribution in [0.2, 0.25) is 0 Å². The van der Waals surface area contributed by atoms with Gasteiger partial charge < -0.3 is 10.1 Å². The van der Waals surface area contributed by atoms with Crippen molar-refractivity contribution in [1.82, 2.24) is 5.32 Å². The van der Waals surface area contributed by atoms with Crippen LogP contribution in [-0.4, -0.2) is 26.2 Å². The van der Waals surface area contributed by atoms with E-state index < -0.39 is 0 Å². The maximum Gasteiger partial charge on any atom is 0.310 e. The molecule has 1 aliphatic rings. The molecule has 0 amide bonds. The molecule has 2 atom stereocenters. The average Bonchev–Trinajstić information content (AvgIpc) is 2.85. The summed E-state index contributed by atoms with van der Waals surface area (Å²) in [5.74, 6) is 0.175. The van der Waals surface area contributed by atoms with Gasteiger partial charge in [-0.05, 0) is 11.4 Å². The van der Waals surface area contributed by atoms with Crippen molar-refractivity contribution in [3.05, 3.63) is 22.4 Å². The van der Waals surface area contributed by atoms with Crippen LogP contribution in [0.5, 0.6) is 0 Å². The number of rotatable bonds is 2. The van der Waals surface area contributed by atoms with Gasteiger partial charge in [0.2, 0.25) is 0 Å². The molecule has 3 nitrogen and oxygen atoms in total. The number of ether oxygens (including phenoxy) is 1. The van der Waals surface area contributed by atoms with Crippen LogP contribution in [0.25, 0.3) is 0 Å². The van der Waals surface area contributed by atoms with Gasteiger partial charge in [0.15, 0.2) is 0 Å². The van der Waals surface area contributed by atoms with Gasteiger partial charge in [0, 0.05) is 23.9 Å². The highest BCUT2D eigenvalue weighted by molar-refractivity contribution is 7.10. The SMILES string of the molecule is COC(=O)[C@H]1CNC[C@@H]1c1cccs1. The van der Waals surface area contributed by atoms with Crippen LogP contribution < -0.4 is 5.32 Å². The van der Waals surface area contributed by atoms with Gasteiger partial charge in [-0.25, -0.2) is 0 Å². The molecule has 0 radical (unpaired) electrons. The molecule has 2 heterocycles. The monoisotopic (exact) mass is 211 g/mol. The van der Waals surface area contributed by atoms with E-state index in [0.717, 1.165) is 13.1 Å². The summed E-state index contributed by atoms with van der Waals surface area (Å²) in [7, 11) is 1.45. The van der Waals surface area contributed by atoms with Crippen LogP contribution in [0.4, 0.5) is 0 Å². The summed E-state index contributed by atoms with van der Waals surface area (Å²) >= 11 is 1.70. The Balaban J connectivity index is 2.15. The van der Waals surface area contributed by atoms with Gasteiger partial charge in [-0.2, -0.15) is 0 Å². The predicted octanol–water partition coefficient (Wildman–Crippen LogP) is 1.22. The second-order valence-corrected chi connectivity index (χ2v) is 4.39. The van der Waals surface area contributed by atoms with E-state index in [1.54, 1.807) is 11.3 Å². The topological polar surface area (TPSA) is 38.3 Å². The Labute approximate surface area is 87.1 Å². The molecule has 0 aromatic carbocycles. The third-order valence-electron chi connectivity index (χ3n) is 2.63. The number of nitrogens with one attached hydrogen (secondary N) is 1. The van der Waals surface area contributed by atoms with Gasteiger partial charge >= 0.3 is 5.97 Å². The molecule has 1 fully saturated rings. The zero-order valence-electron chi connectivity index (χ0n) is 8.03. The molecule has 1 aromatic rings. The fourth-order valence-corrected chi connectivity index (χ4v) is 2.77. The van der Waals surface area contributed by atoms with Gasteiger partial charge in [0.25, 0.3) is 0 Å². The summed E-state index contributed by atoms with van der Waals surface area (Å²) in [4.78, 5) is 12.7.